The van der Waals surface area contributed by atoms with E-state index in [0.717, 1.165) is 23.9 Å². The van der Waals surface area contributed by atoms with Crippen LogP contribution in [0.4, 0.5) is 0 Å². The van der Waals surface area contributed by atoms with E-state index >= 15 is 0 Å². The number of rotatable bonds is 10. The highest BCUT2D eigenvalue weighted by molar-refractivity contribution is 5.89. The number of aliphatic hydroxyl groups excluding tert-OH is 3. The first kappa shape index (κ1) is 32.3. The highest BCUT2D eigenvalue weighted by Gasteiger charge is 2.44. The van der Waals surface area contributed by atoms with Crippen LogP contribution in [-0.2, 0) is 23.8 Å². The van der Waals surface area contributed by atoms with Gasteiger partial charge in [0, 0.05) is 18.5 Å². The monoisotopic (exact) mass is 556 g/mol. The highest BCUT2D eigenvalue weighted by atomic mass is 16.6. The molecule has 1 aromatic rings. The van der Waals surface area contributed by atoms with Crippen LogP contribution in [0.1, 0.15) is 63.8 Å². The first-order chi connectivity index (χ1) is 18.5. The predicted octanol–water partition coefficient (Wildman–Crippen LogP) is -1.73. The molecule has 1 aliphatic carbocycles. The van der Waals surface area contributed by atoms with Crippen LogP contribution in [0.2, 0.25) is 0 Å². The minimum absolute atomic E-state index is 0.0613. The molecular formula is C24H40N6O9. The Hall–Kier alpha value is -2.95. The molecule has 39 heavy (non-hydrogen) atoms. The Kier molecular flexibility index (Phi) is 12.4. The average molecular weight is 557 g/mol. The lowest BCUT2D eigenvalue weighted by molar-refractivity contribution is -0.139. The van der Waals surface area contributed by atoms with Crippen molar-refractivity contribution in [2.45, 2.75) is 95.8 Å². The fourth-order valence-electron chi connectivity index (χ4n) is 4.23. The molecule has 1 aromatic heterocycles. The largest absolute Gasteiger partial charge is 0.463 e. The van der Waals surface area contributed by atoms with Gasteiger partial charge in [-0.25, -0.2) is 14.5 Å². The van der Waals surface area contributed by atoms with E-state index in [2.05, 4.69) is 15.4 Å². The summed E-state index contributed by atoms with van der Waals surface area (Å²) in [5, 5.41) is 34.6. The quantitative estimate of drug-likeness (QED) is 0.176. The number of hydrogen-bond acceptors (Lipinski definition) is 12. The number of primary amides is 1. The molecule has 7 atom stereocenters. The summed E-state index contributed by atoms with van der Waals surface area (Å²) in [5.74, 6) is -1.55. The zero-order valence-corrected chi connectivity index (χ0v) is 22.6. The Morgan fingerprint density at radius 2 is 1.90 bits per heavy atom. The first-order valence-electron chi connectivity index (χ1n) is 12.9. The number of aromatic nitrogens is 3. The van der Waals surface area contributed by atoms with E-state index in [1.807, 2.05) is 13.8 Å². The molecule has 1 aliphatic heterocycles. The second-order valence-corrected chi connectivity index (χ2v) is 9.19. The van der Waals surface area contributed by atoms with Crippen molar-refractivity contribution in [2.75, 3.05) is 13.2 Å². The van der Waals surface area contributed by atoms with E-state index < -0.39 is 43.2 Å². The van der Waals surface area contributed by atoms with Gasteiger partial charge in [0.05, 0.1) is 31.5 Å². The lowest BCUT2D eigenvalue weighted by Gasteiger charge is -2.36. The minimum Gasteiger partial charge on any atom is -0.463 e. The van der Waals surface area contributed by atoms with Crippen molar-refractivity contribution in [3.8, 4) is 0 Å². The van der Waals surface area contributed by atoms with Gasteiger partial charge in [0.1, 0.15) is 24.6 Å². The molecule has 15 nitrogen and oxygen atoms in total. The number of nitrogens with zero attached hydrogens (tertiary/aromatic N) is 3. The van der Waals surface area contributed by atoms with Gasteiger partial charge in [0.25, 0.3) is 5.91 Å². The lowest BCUT2D eigenvalue weighted by atomic mass is 9.88. The van der Waals surface area contributed by atoms with Crippen molar-refractivity contribution in [1.82, 2.24) is 20.1 Å². The van der Waals surface area contributed by atoms with E-state index in [-0.39, 0.29) is 35.9 Å². The maximum absolute atomic E-state index is 12.0. The summed E-state index contributed by atoms with van der Waals surface area (Å²) in [5.41, 5.74) is 11.6. The minimum atomic E-state index is -1.27. The Labute approximate surface area is 226 Å². The van der Waals surface area contributed by atoms with Gasteiger partial charge in [-0.2, -0.15) is 0 Å². The van der Waals surface area contributed by atoms with Gasteiger partial charge in [-0.3, -0.25) is 9.59 Å². The molecule has 0 unspecified atom stereocenters. The van der Waals surface area contributed by atoms with Gasteiger partial charge in [-0.1, -0.05) is 13.8 Å². The predicted molar refractivity (Wildman–Crippen MR) is 136 cm³/mol. The lowest BCUT2D eigenvalue weighted by Crippen LogP contribution is -2.57. The van der Waals surface area contributed by atoms with Gasteiger partial charge in [-0.05, 0) is 32.3 Å². The molecular weight excluding hydrogens is 516 g/mol. The molecule has 1 saturated heterocycles. The van der Waals surface area contributed by atoms with Gasteiger partial charge >= 0.3 is 5.97 Å². The van der Waals surface area contributed by atoms with Gasteiger partial charge in [0.2, 0.25) is 11.7 Å². The van der Waals surface area contributed by atoms with Crippen LogP contribution < -0.4 is 16.8 Å². The summed E-state index contributed by atoms with van der Waals surface area (Å²) in [6, 6.07) is -0.719. The number of amides is 2. The van der Waals surface area contributed by atoms with E-state index in [1.54, 1.807) is 13.0 Å². The number of hydrogen-bond donors (Lipinski definition) is 6. The second kappa shape index (κ2) is 15.0. The summed E-state index contributed by atoms with van der Waals surface area (Å²) in [6.45, 7) is 7.18. The molecule has 2 amide bonds. The standard InChI is InChI=1S/C16H28N2O4.C8H12N4O5/c1-5-12(6-2)22-14-9-11(16(20)21-7-3)8-13(17)15(14)18-10(4)19;9-6(16)7-10-2-12(11-7)8-5(15)4(14)3(1-13)17-8/h9,12-15H,5-8,17H2,1-4H3,(H,18,19);2-5,8,13-15H,1H2,(H2,9,16)/t13-,14+,15+;3-,4-,5-,8-/m01/s1. The van der Waals surface area contributed by atoms with Crippen molar-refractivity contribution in [1.29, 1.82) is 0 Å². The Morgan fingerprint density at radius 1 is 1.23 bits per heavy atom. The zero-order valence-electron chi connectivity index (χ0n) is 22.6. The maximum atomic E-state index is 12.0. The summed E-state index contributed by atoms with van der Waals surface area (Å²) in [7, 11) is 0. The van der Waals surface area contributed by atoms with Crippen molar-refractivity contribution in [2.24, 2.45) is 11.5 Å². The van der Waals surface area contributed by atoms with Gasteiger partial charge < -0.3 is 46.3 Å². The molecule has 220 valence electrons. The third kappa shape index (κ3) is 8.52. The molecule has 0 radical (unpaired) electrons. The Balaban J connectivity index is 0.000000282. The fourth-order valence-corrected chi connectivity index (χ4v) is 4.23. The molecule has 2 heterocycles. The summed E-state index contributed by atoms with van der Waals surface area (Å²) >= 11 is 0. The molecule has 0 bridgehead atoms. The Bertz CT molecular complexity index is 998. The molecule has 1 fully saturated rings. The highest BCUT2D eigenvalue weighted by Crippen LogP contribution is 2.28. The van der Waals surface area contributed by atoms with E-state index in [1.165, 1.54) is 6.92 Å². The smallest absolute Gasteiger partial charge is 0.333 e. The number of carbonyl (C=O) groups excluding carboxylic acids is 3. The van der Waals surface area contributed by atoms with Crippen LogP contribution in [0.15, 0.2) is 18.0 Å². The van der Waals surface area contributed by atoms with E-state index in [4.69, 9.17) is 30.8 Å². The number of nitrogens with two attached hydrogens (primary N) is 2. The van der Waals surface area contributed by atoms with E-state index in [0.29, 0.717) is 18.6 Å². The number of carbonyl (C=O) groups is 3. The molecule has 0 saturated carbocycles. The van der Waals surface area contributed by atoms with Crippen molar-refractivity contribution in [3.05, 3.63) is 23.8 Å². The maximum Gasteiger partial charge on any atom is 0.333 e. The summed E-state index contributed by atoms with van der Waals surface area (Å²) in [6.07, 6.45) is 0.214. The van der Waals surface area contributed by atoms with Crippen LogP contribution in [0.5, 0.6) is 0 Å². The third-order valence-corrected chi connectivity index (χ3v) is 6.31. The molecule has 0 aromatic carbocycles. The topological polar surface area (TPSA) is 234 Å². The molecule has 2 aliphatic rings. The molecule has 8 N–H and O–H groups in total. The number of aliphatic hydroxyl groups is 3. The number of nitrogens with one attached hydrogen (secondary N) is 1. The molecule has 15 heteroatoms. The molecule has 0 spiro atoms. The fraction of sp³-hybridized carbons (Fsp3) is 0.708. The third-order valence-electron chi connectivity index (χ3n) is 6.31. The number of ether oxygens (including phenoxy) is 3. The zero-order chi connectivity index (χ0) is 29.3. The van der Waals surface area contributed by atoms with Gasteiger partial charge in [-0.15, -0.1) is 5.10 Å². The first-order valence-corrected chi connectivity index (χ1v) is 12.9. The number of esters is 1. The van der Waals surface area contributed by atoms with E-state index in [9.17, 15) is 24.6 Å². The SMILES string of the molecule is CCOC(=O)C1=C[C@@H](OC(CC)CC)[C@H](NC(C)=O)[C@@H](N)C1.NC(=O)c1ncn([C@@H]2O[C@H](CO)[C@@H](O)[C@H]2O)n1. The van der Waals surface area contributed by atoms with Crippen molar-refractivity contribution < 1.29 is 43.9 Å². The van der Waals surface area contributed by atoms with Crippen LogP contribution in [0.3, 0.4) is 0 Å². The van der Waals surface area contributed by atoms with Crippen LogP contribution in [0.25, 0.3) is 0 Å². The van der Waals surface area contributed by atoms with Crippen LogP contribution >= 0.6 is 0 Å². The molecule has 3 rings (SSSR count). The Morgan fingerprint density at radius 3 is 2.38 bits per heavy atom. The second-order valence-electron chi connectivity index (χ2n) is 9.19. The summed E-state index contributed by atoms with van der Waals surface area (Å²) in [4.78, 5) is 37.8. The van der Waals surface area contributed by atoms with Crippen molar-refractivity contribution in [3.63, 3.8) is 0 Å². The summed E-state index contributed by atoms with van der Waals surface area (Å²) < 4.78 is 17.3. The average Bonchev–Trinajstić information content (AvgIpc) is 3.49. The van der Waals surface area contributed by atoms with Gasteiger partial charge in [0.15, 0.2) is 6.23 Å². The van der Waals surface area contributed by atoms with Crippen molar-refractivity contribution >= 4 is 17.8 Å². The van der Waals surface area contributed by atoms with Crippen LogP contribution in [-0.4, -0.2) is 104 Å². The van der Waals surface area contributed by atoms with Crippen LogP contribution in [0, 0.1) is 0 Å². The normalized spacial score (nSPS) is 28.3.